The minimum absolute atomic E-state index is 0.113. The zero-order valence-corrected chi connectivity index (χ0v) is 11.6. The fraction of sp³-hybridized carbons (Fsp3) is 0.267. The molecule has 1 aliphatic rings. The first-order valence-electron chi connectivity index (χ1n) is 6.43. The monoisotopic (exact) mass is 272 g/mol. The second-order valence-electron chi connectivity index (χ2n) is 4.79. The summed E-state index contributed by atoms with van der Waals surface area (Å²) in [6.45, 7) is 2.97. The number of fused-ring (bicyclic) bond motifs is 1. The number of rotatable bonds is 3. The van der Waals surface area contributed by atoms with Crippen LogP contribution in [0.5, 0.6) is 0 Å². The Balaban J connectivity index is 1.70. The lowest BCUT2D eigenvalue weighted by atomic mass is 10.0. The molecule has 0 unspecified atom stereocenters. The second-order valence-corrected chi connectivity index (χ2v) is 6.16. The summed E-state index contributed by atoms with van der Waals surface area (Å²) in [6.07, 6.45) is 1.41. The predicted molar refractivity (Wildman–Crippen MR) is 79.8 cm³/mol. The van der Waals surface area contributed by atoms with Gasteiger partial charge in [-0.3, -0.25) is 4.79 Å². The number of hydrogen-bond donors (Lipinski definition) is 2. The number of amides is 1. The zero-order chi connectivity index (χ0) is 13.2. The number of aryl methyl sites for hydroxylation is 2. The van der Waals surface area contributed by atoms with Gasteiger partial charge in [-0.15, -0.1) is 11.3 Å². The van der Waals surface area contributed by atoms with Crippen LogP contribution in [-0.4, -0.2) is 5.91 Å². The largest absolute Gasteiger partial charge is 0.380 e. The van der Waals surface area contributed by atoms with Crippen LogP contribution >= 0.6 is 11.3 Å². The van der Waals surface area contributed by atoms with Crippen LogP contribution in [0.3, 0.4) is 0 Å². The Morgan fingerprint density at radius 1 is 1.26 bits per heavy atom. The summed E-state index contributed by atoms with van der Waals surface area (Å²) in [5.41, 5.74) is 3.28. The van der Waals surface area contributed by atoms with Crippen molar-refractivity contribution in [3.05, 3.63) is 45.6 Å². The molecule has 1 aromatic carbocycles. The van der Waals surface area contributed by atoms with Gasteiger partial charge in [0.25, 0.3) is 0 Å². The Labute approximate surface area is 116 Å². The Bertz CT molecular complexity index is 618. The van der Waals surface area contributed by atoms with Crippen LogP contribution in [0.1, 0.15) is 21.7 Å². The van der Waals surface area contributed by atoms with Crippen molar-refractivity contribution in [1.82, 2.24) is 0 Å². The highest BCUT2D eigenvalue weighted by atomic mass is 32.1. The van der Waals surface area contributed by atoms with Crippen LogP contribution in [0.25, 0.3) is 0 Å². The number of benzene rings is 1. The van der Waals surface area contributed by atoms with E-state index in [1.807, 2.05) is 23.5 Å². The van der Waals surface area contributed by atoms with Gasteiger partial charge in [-0.05, 0) is 49.2 Å². The Hall–Kier alpha value is -1.81. The summed E-state index contributed by atoms with van der Waals surface area (Å²) in [6, 6.07) is 10.4. The molecule has 1 aromatic heterocycles. The van der Waals surface area contributed by atoms with E-state index >= 15 is 0 Å². The molecule has 19 heavy (non-hydrogen) atoms. The summed E-state index contributed by atoms with van der Waals surface area (Å²) in [7, 11) is 0. The molecule has 4 heteroatoms. The van der Waals surface area contributed by atoms with Gasteiger partial charge in [0.2, 0.25) is 5.91 Å². The van der Waals surface area contributed by atoms with Crippen LogP contribution < -0.4 is 10.6 Å². The van der Waals surface area contributed by atoms with Gasteiger partial charge in [-0.1, -0.05) is 0 Å². The number of carbonyl (C=O) groups is 1. The summed E-state index contributed by atoms with van der Waals surface area (Å²) in [5, 5.41) is 6.33. The smallest absolute Gasteiger partial charge is 0.224 e. The van der Waals surface area contributed by atoms with E-state index in [9.17, 15) is 4.79 Å². The minimum Gasteiger partial charge on any atom is -0.380 e. The van der Waals surface area contributed by atoms with Gasteiger partial charge in [0.1, 0.15) is 0 Å². The van der Waals surface area contributed by atoms with E-state index in [1.54, 1.807) is 0 Å². The highest BCUT2D eigenvalue weighted by Crippen LogP contribution is 2.26. The van der Waals surface area contributed by atoms with Gasteiger partial charge in [0.05, 0.1) is 0 Å². The van der Waals surface area contributed by atoms with Crippen molar-refractivity contribution in [2.24, 2.45) is 0 Å². The van der Waals surface area contributed by atoms with Gasteiger partial charge in [-0.25, -0.2) is 0 Å². The second kappa shape index (κ2) is 5.05. The molecule has 3 nitrogen and oxygen atoms in total. The number of anilines is 2. The molecule has 1 aliphatic heterocycles. The van der Waals surface area contributed by atoms with Crippen LogP contribution in [-0.2, 0) is 17.8 Å². The van der Waals surface area contributed by atoms with Gasteiger partial charge in [0.15, 0.2) is 0 Å². The van der Waals surface area contributed by atoms with Crippen molar-refractivity contribution in [2.45, 2.75) is 26.3 Å². The van der Waals surface area contributed by atoms with E-state index in [4.69, 9.17) is 0 Å². The lowest BCUT2D eigenvalue weighted by Crippen LogP contribution is -2.18. The van der Waals surface area contributed by atoms with Gasteiger partial charge >= 0.3 is 0 Å². The third-order valence-electron chi connectivity index (χ3n) is 3.26. The van der Waals surface area contributed by atoms with E-state index in [0.29, 0.717) is 6.42 Å². The Morgan fingerprint density at radius 3 is 2.95 bits per heavy atom. The maximum absolute atomic E-state index is 11.3. The highest BCUT2D eigenvalue weighted by Gasteiger charge is 2.14. The van der Waals surface area contributed by atoms with Crippen LogP contribution in [0, 0.1) is 6.92 Å². The van der Waals surface area contributed by atoms with E-state index in [1.165, 1.54) is 15.3 Å². The number of thiophene rings is 1. The van der Waals surface area contributed by atoms with Gasteiger partial charge < -0.3 is 10.6 Å². The van der Waals surface area contributed by atoms with Crippen LogP contribution in [0.15, 0.2) is 30.3 Å². The summed E-state index contributed by atoms with van der Waals surface area (Å²) < 4.78 is 0. The molecule has 0 fully saturated rings. The van der Waals surface area contributed by atoms with Crippen molar-refractivity contribution >= 4 is 28.6 Å². The molecule has 1 amide bonds. The van der Waals surface area contributed by atoms with Crippen molar-refractivity contribution in [3.63, 3.8) is 0 Å². The molecule has 2 N–H and O–H groups in total. The topological polar surface area (TPSA) is 41.1 Å². The standard InChI is InChI=1S/C15H16N2OS/c1-10-2-5-13(19-10)9-16-12-4-6-14-11(8-12)3-7-15(18)17-14/h2,4-6,8,16H,3,7,9H2,1H3,(H,17,18). The fourth-order valence-electron chi connectivity index (χ4n) is 2.26. The molecule has 0 saturated heterocycles. The normalized spacial score (nSPS) is 13.8. The Kier molecular flexibility index (Phi) is 3.25. The van der Waals surface area contributed by atoms with Gasteiger partial charge in [0, 0.05) is 34.1 Å². The van der Waals surface area contributed by atoms with E-state index < -0.39 is 0 Å². The minimum atomic E-state index is 0.113. The van der Waals surface area contributed by atoms with E-state index in [-0.39, 0.29) is 5.91 Å². The van der Waals surface area contributed by atoms with Crippen molar-refractivity contribution < 1.29 is 4.79 Å². The first-order chi connectivity index (χ1) is 9.20. The molecule has 3 rings (SSSR count). The Morgan fingerprint density at radius 2 is 2.16 bits per heavy atom. The number of carbonyl (C=O) groups excluding carboxylic acids is 1. The van der Waals surface area contributed by atoms with E-state index in [0.717, 1.165) is 24.3 Å². The highest BCUT2D eigenvalue weighted by molar-refractivity contribution is 7.11. The third-order valence-corrected chi connectivity index (χ3v) is 4.26. The first kappa shape index (κ1) is 12.2. The van der Waals surface area contributed by atoms with E-state index in [2.05, 4.69) is 35.8 Å². The molecule has 0 atom stereocenters. The van der Waals surface area contributed by atoms with Crippen LogP contribution in [0.2, 0.25) is 0 Å². The maximum Gasteiger partial charge on any atom is 0.224 e. The molecule has 0 radical (unpaired) electrons. The summed E-state index contributed by atoms with van der Waals surface area (Å²) in [5.74, 6) is 0.113. The lowest BCUT2D eigenvalue weighted by Gasteiger charge is -2.17. The van der Waals surface area contributed by atoms with Crippen LogP contribution in [0.4, 0.5) is 11.4 Å². The molecular formula is C15H16N2OS. The molecule has 0 spiro atoms. The summed E-state index contributed by atoms with van der Waals surface area (Å²) in [4.78, 5) is 14.0. The zero-order valence-electron chi connectivity index (χ0n) is 10.8. The molecule has 2 aromatic rings. The number of nitrogens with one attached hydrogen (secondary N) is 2. The summed E-state index contributed by atoms with van der Waals surface area (Å²) >= 11 is 1.82. The average molecular weight is 272 g/mol. The van der Waals surface area contributed by atoms with Crippen molar-refractivity contribution in [1.29, 1.82) is 0 Å². The maximum atomic E-state index is 11.3. The third kappa shape index (κ3) is 2.79. The molecule has 0 aliphatic carbocycles. The lowest BCUT2D eigenvalue weighted by molar-refractivity contribution is -0.116. The molecular weight excluding hydrogens is 256 g/mol. The van der Waals surface area contributed by atoms with Gasteiger partial charge in [-0.2, -0.15) is 0 Å². The molecule has 0 bridgehead atoms. The molecule has 2 heterocycles. The SMILES string of the molecule is Cc1ccc(CNc2ccc3c(c2)CCC(=O)N3)s1. The van der Waals surface area contributed by atoms with Crippen molar-refractivity contribution in [3.8, 4) is 0 Å². The quantitative estimate of drug-likeness (QED) is 0.897. The number of hydrogen-bond acceptors (Lipinski definition) is 3. The average Bonchev–Trinajstić information content (AvgIpc) is 2.82. The molecule has 98 valence electrons. The fourth-order valence-corrected chi connectivity index (χ4v) is 3.09. The van der Waals surface area contributed by atoms with Crippen molar-refractivity contribution in [2.75, 3.05) is 10.6 Å². The predicted octanol–water partition coefficient (Wildman–Crippen LogP) is 3.55. The molecule has 0 saturated carbocycles. The first-order valence-corrected chi connectivity index (χ1v) is 7.24.